The lowest BCUT2D eigenvalue weighted by Crippen LogP contribution is -2.30. The van der Waals surface area contributed by atoms with Crippen molar-refractivity contribution in [3.63, 3.8) is 0 Å². The molecule has 0 saturated carbocycles. The van der Waals surface area contributed by atoms with Crippen LogP contribution in [0, 0.1) is 11.8 Å². The van der Waals surface area contributed by atoms with E-state index in [1.165, 1.54) is 31.0 Å². The minimum absolute atomic E-state index is 0.0390. The molecule has 35 heavy (non-hydrogen) atoms. The quantitative estimate of drug-likeness (QED) is 0.514. The number of halogens is 2. The maximum Gasteiger partial charge on any atom is 0.387 e. The van der Waals surface area contributed by atoms with E-state index >= 15 is 0 Å². The van der Waals surface area contributed by atoms with Crippen LogP contribution in [0.1, 0.15) is 69.2 Å². The van der Waals surface area contributed by atoms with E-state index in [4.69, 9.17) is 13.8 Å². The molecule has 6 rings (SSSR count). The Bertz CT molecular complexity index is 1470. The van der Waals surface area contributed by atoms with E-state index < -0.39 is 31.6 Å². The number of carbonyl (C=O) groups excluding carboxylic acids is 1. The number of amides is 1. The highest BCUT2D eigenvalue weighted by Gasteiger charge is 2.45. The van der Waals surface area contributed by atoms with Gasteiger partial charge in [-0.15, -0.1) is 0 Å². The first-order valence-corrected chi connectivity index (χ1v) is 11.9. The highest BCUT2D eigenvalue weighted by molar-refractivity contribution is 5.97. The predicted octanol–water partition coefficient (Wildman–Crippen LogP) is 4.59. The summed E-state index contributed by atoms with van der Waals surface area (Å²) in [7, 11) is 0. The summed E-state index contributed by atoms with van der Waals surface area (Å²) in [5.74, 6) is 5.96. The predicted molar refractivity (Wildman–Crippen MR) is 128 cm³/mol. The number of hydrogen-bond acceptors (Lipinski definition) is 4. The highest BCUT2D eigenvalue weighted by atomic mass is 19.3. The number of carbonyl (C=O) groups is 1. The lowest BCUT2D eigenvalue weighted by Gasteiger charge is -2.24. The van der Waals surface area contributed by atoms with Gasteiger partial charge in [-0.25, -0.2) is 4.98 Å². The Labute approximate surface area is 206 Å². The Morgan fingerprint density at radius 3 is 2.89 bits per heavy atom. The van der Waals surface area contributed by atoms with Gasteiger partial charge in [0.15, 0.2) is 0 Å². The fraction of sp³-hybridized carbons (Fsp3) is 0.407. The number of nitrogens with zero attached hydrogens (tertiary/aromatic N) is 4. The fourth-order valence-corrected chi connectivity index (χ4v) is 5.57. The molecular formula is C27H26F2N4O2. The first-order valence-electron chi connectivity index (χ1n) is 13.4. The highest BCUT2D eigenvalue weighted by Crippen LogP contribution is 2.49. The summed E-state index contributed by atoms with van der Waals surface area (Å²) in [4.78, 5) is 21.5. The van der Waals surface area contributed by atoms with Crippen LogP contribution in [-0.4, -0.2) is 58.5 Å². The van der Waals surface area contributed by atoms with Gasteiger partial charge in [0.2, 0.25) is 0 Å². The Hall–Kier alpha value is -3.44. The number of fused-ring (bicyclic) bond motifs is 9. The van der Waals surface area contributed by atoms with Gasteiger partial charge in [0, 0.05) is 47.2 Å². The van der Waals surface area contributed by atoms with Crippen LogP contribution in [-0.2, 0) is 0 Å². The standard InChI is InChI=1S/C27H26F2N4O2/c1-31-22-16-21(24-18(26(31)34)8-6-9-23(24)35-27(28)29)33-20-15-17(10-11-19(20)30-25(22)33)7-2-3-12-32-13-4-5-14-32/h6,8-11,15,21-22,27H,3-5,12-14,16H2,1H3/t21-,22-/m1/s1/i1D3. The molecule has 0 radical (unpaired) electrons. The summed E-state index contributed by atoms with van der Waals surface area (Å²) in [5, 5.41) is 0. The molecule has 4 heterocycles. The number of imidazole rings is 1. The second-order valence-electron chi connectivity index (χ2n) is 9.18. The smallest absolute Gasteiger partial charge is 0.387 e. The zero-order valence-corrected chi connectivity index (χ0v) is 19.0. The van der Waals surface area contributed by atoms with Crippen molar-refractivity contribution in [1.29, 1.82) is 0 Å². The Kier molecular flexibility index (Phi) is 4.65. The monoisotopic (exact) mass is 479 g/mol. The van der Waals surface area contributed by atoms with Gasteiger partial charge in [-0.1, -0.05) is 17.9 Å². The second kappa shape index (κ2) is 8.65. The normalized spacial score (nSPS) is 22.8. The Balaban J connectivity index is 1.46. The summed E-state index contributed by atoms with van der Waals surface area (Å²) in [5.41, 5.74) is 2.39. The number of aromatic nitrogens is 2. The van der Waals surface area contributed by atoms with Gasteiger partial charge in [-0.2, -0.15) is 8.78 Å². The third kappa shape index (κ3) is 3.75. The molecule has 0 spiro atoms. The largest absolute Gasteiger partial charge is 0.434 e. The maximum absolute atomic E-state index is 13.5. The van der Waals surface area contributed by atoms with Crippen molar-refractivity contribution in [2.24, 2.45) is 0 Å². The van der Waals surface area contributed by atoms with Gasteiger partial charge in [0.1, 0.15) is 11.6 Å². The van der Waals surface area contributed by atoms with Gasteiger partial charge >= 0.3 is 6.61 Å². The third-order valence-electron chi connectivity index (χ3n) is 7.13. The van der Waals surface area contributed by atoms with Crippen molar-refractivity contribution in [2.75, 3.05) is 26.6 Å². The van der Waals surface area contributed by atoms with Crippen LogP contribution in [0.2, 0.25) is 0 Å². The molecule has 1 fully saturated rings. The van der Waals surface area contributed by atoms with E-state index in [2.05, 4.69) is 16.7 Å². The first-order chi connectivity index (χ1) is 18.2. The maximum atomic E-state index is 13.5. The molecule has 1 saturated heterocycles. The van der Waals surface area contributed by atoms with Crippen molar-refractivity contribution in [1.82, 2.24) is 19.4 Å². The van der Waals surface area contributed by atoms with Gasteiger partial charge in [0.25, 0.3) is 5.91 Å². The SMILES string of the molecule is [2H]C([2H])([2H])N1C(=O)c2cccc(OC(F)F)c2[C@H]2C[C@@H]1c1nc3ccc(C#CCCN4CCCC4)cc3n12. The molecule has 3 aromatic rings. The van der Waals surface area contributed by atoms with Crippen LogP contribution in [0.25, 0.3) is 11.0 Å². The molecule has 3 aliphatic rings. The van der Waals surface area contributed by atoms with E-state index in [0.29, 0.717) is 16.9 Å². The average Bonchev–Trinajstić information content (AvgIpc) is 3.56. The number of hydrogen-bond donors (Lipinski definition) is 0. The van der Waals surface area contributed by atoms with E-state index in [-0.39, 0.29) is 23.3 Å². The third-order valence-corrected chi connectivity index (χ3v) is 7.13. The molecule has 3 aliphatic heterocycles. The lowest BCUT2D eigenvalue weighted by molar-refractivity contribution is -0.0507. The number of likely N-dealkylation sites (tertiary alicyclic amines) is 1. The lowest BCUT2D eigenvalue weighted by atomic mass is 9.97. The van der Waals surface area contributed by atoms with Crippen LogP contribution in [0.4, 0.5) is 8.78 Å². The summed E-state index contributed by atoms with van der Waals surface area (Å²) in [6, 6.07) is 8.38. The molecule has 0 aliphatic carbocycles. The second-order valence-corrected chi connectivity index (χ2v) is 9.18. The number of ether oxygens (including phenoxy) is 1. The minimum atomic E-state index is -3.10. The fourth-order valence-electron chi connectivity index (χ4n) is 5.57. The molecule has 0 unspecified atom stereocenters. The Morgan fingerprint density at radius 1 is 1.23 bits per heavy atom. The van der Waals surface area contributed by atoms with Gasteiger partial charge in [0.05, 0.1) is 23.1 Å². The molecular weight excluding hydrogens is 450 g/mol. The summed E-state index contributed by atoms with van der Waals surface area (Å²) >= 11 is 0. The topological polar surface area (TPSA) is 50.6 Å². The molecule has 2 aromatic carbocycles. The van der Waals surface area contributed by atoms with Crippen LogP contribution < -0.4 is 4.74 Å². The van der Waals surface area contributed by atoms with Crippen LogP contribution in [0.5, 0.6) is 5.75 Å². The van der Waals surface area contributed by atoms with Crippen molar-refractivity contribution >= 4 is 16.9 Å². The van der Waals surface area contributed by atoms with Crippen molar-refractivity contribution < 1.29 is 22.4 Å². The van der Waals surface area contributed by atoms with Crippen molar-refractivity contribution in [3.05, 3.63) is 58.9 Å². The zero-order valence-electron chi connectivity index (χ0n) is 22.0. The van der Waals surface area contributed by atoms with Crippen LogP contribution in [0.3, 0.4) is 0 Å². The Morgan fingerprint density at radius 2 is 2.09 bits per heavy atom. The van der Waals surface area contributed by atoms with Crippen molar-refractivity contribution in [3.8, 4) is 17.6 Å². The number of alkyl halides is 2. The van der Waals surface area contributed by atoms with Crippen molar-refractivity contribution in [2.45, 2.75) is 44.4 Å². The minimum Gasteiger partial charge on any atom is -0.434 e. The van der Waals surface area contributed by atoms with E-state index in [9.17, 15) is 13.6 Å². The summed E-state index contributed by atoms with van der Waals surface area (Å²) in [6.45, 7) is -2.69. The molecule has 8 heteroatoms. The number of rotatable bonds is 4. The first kappa shape index (κ1) is 18.8. The molecule has 2 atom stereocenters. The van der Waals surface area contributed by atoms with Crippen LogP contribution >= 0.6 is 0 Å². The van der Waals surface area contributed by atoms with Gasteiger partial charge < -0.3 is 19.1 Å². The van der Waals surface area contributed by atoms with Gasteiger partial charge in [-0.05, 0) is 56.3 Å². The molecule has 1 aromatic heterocycles. The average molecular weight is 480 g/mol. The van der Waals surface area contributed by atoms with E-state index in [0.717, 1.165) is 36.5 Å². The summed E-state index contributed by atoms with van der Waals surface area (Å²) < 4.78 is 57.7. The van der Waals surface area contributed by atoms with Crippen LogP contribution in [0.15, 0.2) is 36.4 Å². The van der Waals surface area contributed by atoms with E-state index in [1.54, 1.807) is 0 Å². The van der Waals surface area contributed by atoms with Gasteiger partial charge in [-0.3, -0.25) is 4.79 Å². The van der Waals surface area contributed by atoms with E-state index in [1.807, 2.05) is 22.8 Å². The molecule has 6 nitrogen and oxygen atoms in total. The zero-order chi connectivity index (χ0) is 26.6. The number of benzene rings is 2. The molecule has 0 N–H and O–H groups in total. The summed E-state index contributed by atoms with van der Waals surface area (Å²) in [6.07, 6.45) is 3.41. The molecule has 2 bridgehead atoms. The molecule has 1 amide bonds. The molecule has 180 valence electrons.